The number of nitrogens with zero attached hydrogens (tertiary/aromatic N) is 1. The third kappa shape index (κ3) is 4.32. The minimum atomic E-state index is -0.608. The first-order valence-electron chi connectivity index (χ1n) is 6.78. The molecule has 0 saturated carbocycles. The number of carbonyl (C=O) groups excluding carboxylic acids is 3. The molecule has 6 heteroatoms. The molecule has 0 aliphatic carbocycles. The molecule has 1 aliphatic heterocycles. The Morgan fingerprint density at radius 2 is 1.76 bits per heavy atom. The van der Waals surface area contributed by atoms with E-state index in [-0.39, 0.29) is 19.3 Å². The molecule has 1 aliphatic rings. The summed E-state index contributed by atoms with van der Waals surface area (Å²) in [6.45, 7) is 4.22. The van der Waals surface area contributed by atoms with E-state index in [1.54, 1.807) is 11.8 Å². The molecule has 2 amide bonds. The van der Waals surface area contributed by atoms with Crippen molar-refractivity contribution in [3.05, 3.63) is 29.8 Å². The van der Waals surface area contributed by atoms with Crippen LogP contribution in [0.5, 0.6) is 0 Å². The van der Waals surface area contributed by atoms with Gasteiger partial charge in [-0.25, -0.2) is 4.79 Å². The van der Waals surface area contributed by atoms with Crippen LogP contribution in [0.2, 0.25) is 0 Å². The van der Waals surface area contributed by atoms with Gasteiger partial charge < -0.3 is 4.84 Å². The molecule has 0 spiro atoms. The van der Waals surface area contributed by atoms with Crippen LogP contribution < -0.4 is 0 Å². The fourth-order valence-electron chi connectivity index (χ4n) is 1.92. The molecular weight excluding hydrogens is 290 g/mol. The zero-order valence-corrected chi connectivity index (χ0v) is 12.8. The van der Waals surface area contributed by atoms with Crippen molar-refractivity contribution in [2.24, 2.45) is 0 Å². The number of amides is 2. The molecule has 0 aromatic heterocycles. The van der Waals surface area contributed by atoms with Gasteiger partial charge in [-0.2, -0.15) is 0 Å². The van der Waals surface area contributed by atoms with Gasteiger partial charge in [0.25, 0.3) is 11.8 Å². The molecule has 1 heterocycles. The Balaban J connectivity index is 1.90. The largest absolute Gasteiger partial charge is 0.337 e. The average Bonchev–Trinajstić information content (AvgIpc) is 2.72. The summed E-state index contributed by atoms with van der Waals surface area (Å²) >= 11 is 1.74. The van der Waals surface area contributed by atoms with Crippen molar-refractivity contribution in [1.29, 1.82) is 0 Å². The van der Waals surface area contributed by atoms with Crippen LogP contribution in [-0.4, -0.2) is 28.1 Å². The van der Waals surface area contributed by atoms with Crippen LogP contribution in [0, 0.1) is 0 Å². The maximum atomic E-state index is 11.7. The monoisotopic (exact) mass is 307 g/mol. The van der Waals surface area contributed by atoms with E-state index >= 15 is 0 Å². The minimum Gasteiger partial charge on any atom is -0.330 e. The van der Waals surface area contributed by atoms with Crippen LogP contribution >= 0.6 is 11.8 Å². The Kier molecular flexibility index (Phi) is 5.01. The van der Waals surface area contributed by atoms with Gasteiger partial charge in [-0.15, -0.1) is 16.8 Å². The number of thioether (sulfide) groups is 1. The molecule has 0 unspecified atom stereocenters. The summed E-state index contributed by atoms with van der Waals surface area (Å²) in [5.41, 5.74) is 0.784. The van der Waals surface area contributed by atoms with Crippen LogP contribution in [0.3, 0.4) is 0 Å². The molecule has 112 valence electrons. The lowest BCUT2D eigenvalue weighted by molar-refractivity contribution is -0.197. The van der Waals surface area contributed by atoms with Gasteiger partial charge in [0.1, 0.15) is 0 Å². The number of imide groups is 1. The van der Waals surface area contributed by atoms with Crippen LogP contribution in [-0.2, 0) is 25.6 Å². The predicted molar refractivity (Wildman–Crippen MR) is 78.3 cm³/mol. The standard InChI is InChI=1S/C15H17NO4S/c1-10(2)21-12-5-3-11(4-6-12)9-15(19)20-16-13(17)7-8-14(16)18/h3-6,10H,7-9H2,1-2H3. The molecule has 0 radical (unpaired) electrons. The fraction of sp³-hybridized carbons (Fsp3) is 0.400. The fourth-order valence-corrected chi connectivity index (χ4v) is 2.75. The number of carbonyl (C=O) groups is 3. The second kappa shape index (κ2) is 6.76. The summed E-state index contributed by atoms with van der Waals surface area (Å²) in [6.07, 6.45) is 0.240. The summed E-state index contributed by atoms with van der Waals surface area (Å²) in [4.78, 5) is 40.4. The summed E-state index contributed by atoms with van der Waals surface area (Å²) < 4.78 is 0. The minimum absolute atomic E-state index is 0.0314. The van der Waals surface area contributed by atoms with Crippen LogP contribution in [0.1, 0.15) is 32.3 Å². The average molecular weight is 307 g/mol. The van der Waals surface area contributed by atoms with E-state index in [1.807, 2.05) is 24.3 Å². The third-order valence-corrected chi connectivity index (χ3v) is 3.86. The van der Waals surface area contributed by atoms with E-state index in [0.717, 1.165) is 10.5 Å². The van der Waals surface area contributed by atoms with Crippen molar-refractivity contribution in [2.75, 3.05) is 0 Å². The van der Waals surface area contributed by atoms with Gasteiger partial charge in [0.2, 0.25) is 0 Å². The van der Waals surface area contributed by atoms with Crippen LogP contribution in [0.25, 0.3) is 0 Å². The normalized spacial score (nSPS) is 14.9. The highest BCUT2D eigenvalue weighted by atomic mass is 32.2. The van der Waals surface area contributed by atoms with Crippen molar-refractivity contribution in [3.63, 3.8) is 0 Å². The van der Waals surface area contributed by atoms with E-state index in [1.165, 1.54) is 0 Å². The van der Waals surface area contributed by atoms with Crippen molar-refractivity contribution in [2.45, 2.75) is 43.3 Å². The van der Waals surface area contributed by atoms with Gasteiger partial charge in [-0.3, -0.25) is 9.59 Å². The molecule has 5 nitrogen and oxygen atoms in total. The summed E-state index contributed by atoms with van der Waals surface area (Å²) in [6, 6.07) is 7.58. The molecule has 1 fully saturated rings. The Morgan fingerprint density at radius 3 is 2.29 bits per heavy atom. The number of rotatable bonds is 5. The van der Waals surface area contributed by atoms with Crippen LogP contribution in [0.15, 0.2) is 29.2 Å². The zero-order chi connectivity index (χ0) is 15.4. The highest BCUT2D eigenvalue weighted by Crippen LogP contribution is 2.23. The first-order valence-corrected chi connectivity index (χ1v) is 7.66. The molecular formula is C15H17NO4S. The highest BCUT2D eigenvalue weighted by Gasteiger charge is 2.32. The Hall–Kier alpha value is -1.82. The molecule has 0 atom stereocenters. The molecule has 0 N–H and O–H groups in total. The molecule has 0 bridgehead atoms. The summed E-state index contributed by atoms with van der Waals surface area (Å²) in [5.74, 6) is -1.53. The van der Waals surface area contributed by atoms with Crippen molar-refractivity contribution in [3.8, 4) is 0 Å². The first-order chi connectivity index (χ1) is 9.95. The number of hydroxylamine groups is 2. The summed E-state index contributed by atoms with van der Waals surface area (Å²) in [5, 5.41) is 1.07. The van der Waals surface area contributed by atoms with Crippen molar-refractivity contribution in [1.82, 2.24) is 5.06 Å². The van der Waals surface area contributed by atoms with Gasteiger partial charge in [0.05, 0.1) is 6.42 Å². The second-order valence-corrected chi connectivity index (χ2v) is 6.68. The predicted octanol–water partition coefficient (Wildman–Crippen LogP) is 2.34. The molecule has 1 saturated heterocycles. The Labute approximate surface area is 127 Å². The second-order valence-electron chi connectivity index (χ2n) is 5.03. The lowest BCUT2D eigenvalue weighted by Gasteiger charge is -2.12. The van der Waals surface area contributed by atoms with Crippen molar-refractivity contribution >= 4 is 29.5 Å². The van der Waals surface area contributed by atoms with E-state index in [2.05, 4.69) is 13.8 Å². The quantitative estimate of drug-likeness (QED) is 0.617. The lowest BCUT2D eigenvalue weighted by atomic mass is 10.2. The highest BCUT2D eigenvalue weighted by molar-refractivity contribution is 7.99. The molecule has 21 heavy (non-hydrogen) atoms. The number of benzene rings is 1. The smallest absolute Gasteiger partial charge is 0.330 e. The zero-order valence-electron chi connectivity index (χ0n) is 12.0. The summed E-state index contributed by atoms with van der Waals surface area (Å²) in [7, 11) is 0. The van der Waals surface area contributed by atoms with Gasteiger partial charge in [0, 0.05) is 23.0 Å². The molecule has 1 aromatic carbocycles. The molecule has 2 rings (SSSR count). The Bertz CT molecular complexity index is 537. The topological polar surface area (TPSA) is 63.7 Å². The van der Waals surface area contributed by atoms with Crippen LogP contribution in [0.4, 0.5) is 0 Å². The SMILES string of the molecule is CC(C)Sc1ccc(CC(=O)ON2C(=O)CCC2=O)cc1. The Morgan fingerprint density at radius 1 is 1.19 bits per heavy atom. The lowest BCUT2D eigenvalue weighted by Crippen LogP contribution is -2.32. The van der Waals surface area contributed by atoms with E-state index in [0.29, 0.717) is 10.3 Å². The number of hydrogen-bond acceptors (Lipinski definition) is 5. The number of hydrogen-bond donors (Lipinski definition) is 0. The van der Waals surface area contributed by atoms with Gasteiger partial charge in [0.15, 0.2) is 0 Å². The van der Waals surface area contributed by atoms with Gasteiger partial charge >= 0.3 is 5.97 Å². The van der Waals surface area contributed by atoms with Gasteiger partial charge in [-0.05, 0) is 17.7 Å². The van der Waals surface area contributed by atoms with Crippen molar-refractivity contribution < 1.29 is 19.2 Å². The maximum absolute atomic E-state index is 11.7. The van der Waals surface area contributed by atoms with E-state index in [4.69, 9.17) is 4.84 Å². The first kappa shape index (κ1) is 15.6. The maximum Gasteiger partial charge on any atom is 0.337 e. The van der Waals surface area contributed by atoms with E-state index < -0.39 is 17.8 Å². The molecule has 1 aromatic rings. The van der Waals surface area contributed by atoms with Gasteiger partial charge in [-0.1, -0.05) is 26.0 Å². The third-order valence-electron chi connectivity index (χ3n) is 2.84. The van der Waals surface area contributed by atoms with E-state index in [9.17, 15) is 14.4 Å².